The summed E-state index contributed by atoms with van der Waals surface area (Å²) in [6, 6.07) is 0. The van der Waals surface area contributed by atoms with E-state index >= 15 is 0 Å². The first-order valence-corrected chi connectivity index (χ1v) is 9.79. The van der Waals surface area contributed by atoms with Gasteiger partial charge in [0.05, 0.1) is 11.3 Å². The predicted molar refractivity (Wildman–Crippen MR) is 87.6 cm³/mol. The lowest BCUT2D eigenvalue weighted by molar-refractivity contribution is -0.140. The second-order valence-electron chi connectivity index (χ2n) is 4.82. The molecular weight excluding hydrogens is 367 g/mol. The number of nitrogens with zero attached hydrogens (tertiary/aromatic N) is 2. The summed E-state index contributed by atoms with van der Waals surface area (Å²) in [4.78, 5) is 7.51. The SMILES string of the molecule is CN=C(NCCCNS(C)(=O)=O)NCCc1nc(C(F)(F)F)cs1. The molecule has 12 heteroatoms. The Kier molecular flexibility index (Phi) is 7.90. The maximum absolute atomic E-state index is 12.4. The van der Waals surface area contributed by atoms with Gasteiger partial charge in [-0.05, 0) is 6.42 Å². The van der Waals surface area contributed by atoms with Crippen molar-refractivity contribution >= 4 is 27.3 Å². The summed E-state index contributed by atoms with van der Waals surface area (Å²) in [5.74, 6) is 0.488. The monoisotopic (exact) mass is 387 g/mol. The van der Waals surface area contributed by atoms with Gasteiger partial charge in [0.15, 0.2) is 11.7 Å². The van der Waals surface area contributed by atoms with E-state index in [1.54, 1.807) is 7.05 Å². The number of rotatable bonds is 8. The van der Waals surface area contributed by atoms with Gasteiger partial charge in [-0.2, -0.15) is 13.2 Å². The standard InChI is InChI=1S/C12H20F3N5O2S2/c1-16-11(17-5-3-6-19-24(2,21)22)18-7-4-10-20-9(8-23-10)12(13,14)15/h8,19H,3-7H2,1-2H3,(H2,16,17,18). The number of thiazole rings is 1. The molecule has 1 rings (SSSR count). The molecule has 0 fully saturated rings. The van der Waals surface area contributed by atoms with Crippen molar-refractivity contribution in [2.45, 2.75) is 19.0 Å². The third-order valence-corrected chi connectivity index (χ3v) is 4.34. The van der Waals surface area contributed by atoms with Crippen LogP contribution in [-0.2, 0) is 22.6 Å². The zero-order valence-electron chi connectivity index (χ0n) is 13.3. The van der Waals surface area contributed by atoms with Crippen LogP contribution in [0.25, 0.3) is 0 Å². The zero-order chi connectivity index (χ0) is 18.2. The molecule has 0 saturated heterocycles. The number of alkyl halides is 3. The van der Waals surface area contributed by atoms with E-state index in [4.69, 9.17) is 0 Å². The number of hydrogen-bond acceptors (Lipinski definition) is 5. The molecule has 0 amide bonds. The van der Waals surface area contributed by atoms with E-state index in [1.807, 2.05) is 0 Å². The Balaban J connectivity index is 2.26. The highest BCUT2D eigenvalue weighted by Crippen LogP contribution is 2.29. The van der Waals surface area contributed by atoms with Crippen molar-refractivity contribution in [2.75, 3.05) is 32.9 Å². The minimum Gasteiger partial charge on any atom is -0.356 e. The highest BCUT2D eigenvalue weighted by molar-refractivity contribution is 7.88. The molecule has 0 saturated carbocycles. The molecule has 0 atom stereocenters. The number of aromatic nitrogens is 1. The minimum absolute atomic E-state index is 0.308. The fraction of sp³-hybridized carbons (Fsp3) is 0.667. The summed E-state index contributed by atoms with van der Waals surface area (Å²) in [5, 5.41) is 7.33. The molecule has 0 bridgehead atoms. The molecule has 1 heterocycles. The first-order chi connectivity index (χ1) is 11.1. The third-order valence-electron chi connectivity index (χ3n) is 2.71. The van der Waals surface area contributed by atoms with E-state index in [1.165, 1.54) is 0 Å². The summed E-state index contributed by atoms with van der Waals surface area (Å²) < 4.78 is 61.4. The quantitative estimate of drug-likeness (QED) is 0.349. The molecule has 7 nitrogen and oxygen atoms in total. The molecule has 24 heavy (non-hydrogen) atoms. The molecule has 0 aromatic carbocycles. The Bertz CT molecular complexity index is 643. The number of halogens is 3. The normalized spacial score (nSPS) is 13.1. The van der Waals surface area contributed by atoms with Gasteiger partial charge in [0.2, 0.25) is 10.0 Å². The van der Waals surface area contributed by atoms with E-state index < -0.39 is 21.9 Å². The highest BCUT2D eigenvalue weighted by atomic mass is 32.2. The Labute approximate surface area is 142 Å². The van der Waals surface area contributed by atoms with Crippen LogP contribution in [-0.4, -0.2) is 52.3 Å². The topological polar surface area (TPSA) is 95.5 Å². The summed E-state index contributed by atoms with van der Waals surface area (Å²) in [5.41, 5.74) is -0.872. The van der Waals surface area contributed by atoms with E-state index in [2.05, 4.69) is 25.3 Å². The molecule has 0 aliphatic heterocycles. The van der Waals surface area contributed by atoms with Crippen LogP contribution >= 0.6 is 11.3 Å². The lowest BCUT2D eigenvalue weighted by Crippen LogP contribution is -2.39. The van der Waals surface area contributed by atoms with Gasteiger partial charge in [-0.15, -0.1) is 11.3 Å². The van der Waals surface area contributed by atoms with Gasteiger partial charge < -0.3 is 10.6 Å². The molecule has 3 N–H and O–H groups in total. The highest BCUT2D eigenvalue weighted by Gasteiger charge is 2.33. The van der Waals surface area contributed by atoms with Crippen molar-refractivity contribution in [3.63, 3.8) is 0 Å². The molecule has 0 aliphatic carbocycles. The van der Waals surface area contributed by atoms with Crippen LogP contribution in [0.5, 0.6) is 0 Å². The van der Waals surface area contributed by atoms with Crippen LogP contribution in [0.4, 0.5) is 13.2 Å². The van der Waals surface area contributed by atoms with Gasteiger partial charge in [-0.3, -0.25) is 4.99 Å². The second-order valence-corrected chi connectivity index (χ2v) is 7.60. The predicted octanol–water partition coefficient (Wildman–Crippen LogP) is 0.809. The van der Waals surface area contributed by atoms with Gasteiger partial charge in [0, 0.05) is 38.5 Å². The Morgan fingerprint density at radius 3 is 2.50 bits per heavy atom. The number of guanidine groups is 1. The molecule has 1 aromatic rings. The first kappa shape index (κ1) is 20.6. The maximum atomic E-state index is 12.4. The molecule has 0 unspecified atom stereocenters. The summed E-state index contributed by atoms with van der Waals surface area (Å²) in [6.07, 6.45) is -2.42. The summed E-state index contributed by atoms with van der Waals surface area (Å²) >= 11 is 0.966. The summed E-state index contributed by atoms with van der Waals surface area (Å²) in [6.45, 7) is 1.19. The molecule has 138 valence electrons. The van der Waals surface area contributed by atoms with Crippen LogP contribution in [0.1, 0.15) is 17.1 Å². The third kappa shape index (κ3) is 8.45. The van der Waals surface area contributed by atoms with Crippen LogP contribution in [0.15, 0.2) is 10.4 Å². The molecule has 1 aromatic heterocycles. The van der Waals surface area contributed by atoms with Crippen molar-refractivity contribution in [3.8, 4) is 0 Å². The largest absolute Gasteiger partial charge is 0.434 e. The van der Waals surface area contributed by atoms with Gasteiger partial charge in [-0.1, -0.05) is 0 Å². The van der Waals surface area contributed by atoms with E-state index in [0.29, 0.717) is 43.4 Å². The van der Waals surface area contributed by atoms with Crippen molar-refractivity contribution in [1.82, 2.24) is 20.3 Å². The lowest BCUT2D eigenvalue weighted by atomic mass is 10.4. The molecule has 0 aliphatic rings. The maximum Gasteiger partial charge on any atom is 0.434 e. The number of hydrogen-bond donors (Lipinski definition) is 3. The fourth-order valence-corrected chi connectivity index (χ4v) is 2.94. The van der Waals surface area contributed by atoms with Crippen molar-refractivity contribution < 1.29 is 21.6 Å². The van der Waals surface area contributed by atoms with E-state index in [9.17, 15) is 21.6 Å². The van der Waals surface area contributed by atoms with Crippen LogP contribution in [0.2, 0.25) is 0 Å². The minimum atomic E-state index is -4.42. The smallest absolute Gasteiger partial charge is 0.356 e. The van der Waals surface area contributed by atoms with E-state index in [-0.39, 0.29) is 0 Å². The number of sulfonamides is 1. The summed E-state index contributed by atoms with van der Waals surface area (Å²) in [7, 11) is -1.63. The van der Waals surface area contributed by atoms with Crippen LogP contribution < -0.4 is 15.4 Å². The fourth-order valence-electron chi connectivity index (χ4n) is 1.62. The molecule has 0 spiro atoms. The Morgan fingerprint density at radius 1 is 1.29 bits per heavy atom. The van der Waals surface area contributed by atoms with Crippen molar-refractivity contribution in [1.29, 1.82) is 0 Å². The molecule has 0 radical (unpaired) electrons. The second kappa shape index (κ2) is 9.18. The van der Waals surface area contributed by atoms with Gasteiger partial charge in [-0.25, -0.2) is 18.1 Å². The van der Waals surface area contributed by atoms with Crippen molar-refractivity contribution in [2.24, 2.45) is 4.99 Å². The molecular formula is C12H20F3N5O2S2. The number of nitrogens with one attached hydrogen (secondary N) is 3. The average Bonchev–Trinajstić information content (AvgIpc) is 2.92. The van der Waals surface area contributed by atoms with Gasteiger partial charge in [0.1, 0.15) is 0 Å². The first-order valence-electron chi connectivity index (χ1n) is 7.02. The Morgan fingerprint density at radius 2 is 1.96 bits per heavy atom. The van der Waals surface area contributed by atoms with Crippen LogP contribution in [0, 0.1) is 0 Å². The van der Waals surface area contributed by atoms with Gasteiger partial charge >= 0.3 is 6.18 Å². The zero-order valence-corrected chi connectivity index (χ0v) is 14.9. The van der Waals surface area contributed by atoms with Crippen molar-refractivity contribution in [3.05, 3.63) is 16.1 Å². The average molecular weight is 387 g/mol. The Hall–Kier alpha value is -1.40. The lowest BCUT2D eigenvalue weighted by Gasteiger charge is -2.11. The van der Waals surface area contributed by atoms with Crippen LogP contribution in [0.3, 0.4) is 0 Å². The van der Waals surface area contributed by atoms with E-state index in [0.717, 1.165) is 23.0 Å². The van der Waals surface area contributed by atoms with Gasteiger partial charge in [0.25, 0.3) is 0 Å². The number of aliphatic imine (C=N–C) groups is 1.